The first-order valence-electron chi connectivity index (χ1n) is 7.58. The minimum Gasteiger partial charge on any atom is -0.505 e. The third kappa shape index (κ3) is 2.86. The van der Waals surface area contributed by atoms with Gasteiger partial charge >= 0.3 is 10.2 Å². The number of carbonyl (C=O) groups excluding carboxylic acids is 1. The molecule has 0 bridgehead atoms. The summed E-state index contributed by atoms with van der Waals surface area (Å²) in [5.41, 5.74) is -0.335. The Bertz CT molecular complexity index is 783. The number of hydrogen-bond acceptors (Lipinski definition) is 6. The molecule has 0 saturated carbocycles. The largest absolute Gasteiger partial charge is 0.505 e. The molecule has 0 spiro atoms. The average Bonchev–Trinajstić information content (AvgIpc) is 3.00. The van der Waals surface area contributed by atoms with Gasteiger partial charge in [-0.15, -0.1) is 0 Å². The number of amides is 1. The molecular weight excluding hydrogens is 341 g/mol. The normalized spacial score (nSPS) is 21.5. The van der Waals surface area contributed by atoms with Crippen molar-refractivity contribution in [2.24, 2.45) is 0 Å². The van der Waals surface area contributed by atoms with Gasteiger partial charge in [-0.2, -0.15) is 8.42 Å². The summed E-state index contributed by atoms with van der Waals surface area (Å²) in [7, 11) is -4.20. The van der Waals surface area contributed by atoms with Crippen molar-refractivity contribution in [3.05, 3.63) is 17.4 Å². The third-order valence-electron chi connectivity index (χ3n) is 3.87. The molecule has 2 heterocycles. The standard InChI is InChI=1S/C14H18FN3O5S/c1-2-3-16-6-8-4-9-11(23-8)5-10(19)14(13(9)15)18-7-12(20)17-24(18,21)22/h5,8,16,19H,2-4,6-7H2,1H3,(H,17,20)/t8-/m1/s1. The summed E-state index contributed by atoms with van der Waals surface area (Å²) in [4.78, 5) is 11.3. The molecule has 0 radical (unpaired) electrons. The molecule has 8 nitrogen and oxygen atoms in total. The number of rotatable bonds is 5. The van der Waals surface area contributed by atoms with Crippen LogP contribution in [0.3, 0.4) is 0 Å². The number of carbonyl (C=O) groups is 1. The Labute approximate surface area is 138 Å². The monoisotopic (exact) mass is 359 g/mol. The molecule has 1 fully saturated rings. The van der Waals surface area contributed by atoms with Crippen LogP contribution in [0.25, 0.3) is 0 Å². The Hall–Kier alpha value is -2.07. The molecule has 24 heavy (non-hydrogen) atoms. The Morgan fingerprint density at radius 2 is 2.29 bits per heavy atom. The van der Waals surface area contributed by atoms with Crippen molar-refractivity contribution in [3.63, 3.8) is 0 Å². The fourth-order valence-electron chi connectivity index (χ4n) is 2.82. The number of aromatic hydroxyl groups is 1. The lowest BCUT2D eigenvalue weighted by atomic mass is 10.1. The van der Waals surface area contributed by atoms with Crippen molar-refractivity contribution in [3.8, 4) is 11.5 Å². The van der Waals surface area contributed by atoms with Crippen LogP contribution >= 0.6 is 0 Å². The van der Waals surface area contributed by atoms with Crippen LogP contribution in [0.2, 0.25) is 0 Å². The van der Waals surface area contributed by atoms with Gasteiger partial charge in [0.15, 0.2) is 5.82 Å². The summed E-state index contributed by atoms with van der Waals surface area (Å²) in [6, 6.07) is 1.19. The van der Waals surface area contributed by atoms with Gasteiger partial charge in [-0.1, -0.05) is 6.92 Å². The Balaban J connectivity index is 1.91. The highest BCUT2D eigenvalue weighted by molar-refractivity contribution is 7.92. The lowest BCUT2D eigenvalue weighted by molar-refractivity contribution is -0.117. The van der Waals surface area contributed by atoms with E-state index in [-0.39, 0.29) is 23.8 Å². The van der Waals surface area contributed by atoms with Crippen molar-refractivity contribution in [1.82, 2.24) is 10.0 Å². The molecule has 1 aromatic carbocycles. The van der Waals surface area contributed by atoms with Gasteiger partial charge in [-0.3, -0.25) is 4.79 Å². The van der Waals surface area contributed by atoms with E-state index in [2.05, 4.69) is 5.32 Å². The highest BCUT2D eigenvalue weighted by Crippen LogP contribution is 2.43. The van der Waals surface area contributed by atoms with Crippen molar-refractivity contribution in [2.75, 3.05) is 23.9 Å². The summed E-state index contributed by atoms with van der Waals surface area (Å²) in [5, 5.41) is 13.2. The molecule has 10 heteroatoms. The SMILES string of the molecule is CCCNC[C@H]1Cc2c(cc(O)c(N3CC(=O)NS3(=O)=O)c2F)O1. The van der Waals surface area contributed by atoms with Crippen molar-refractivity contribution < 1.29 is 27.4 Å². The van der Waals surface area contributed by atoms with Gasteiger partial charge in [0.1, 0.15) is 29.8 Å². The highest BCUT2D eigenvalue weighted by atomic mass is 32.2. The van der Waals surface area contributed by atoms with Crippen molar-refractivity contribution in [2.45, 2.75) is 25.9 Å². The Kier molecular flexibility index (Phi) is 4.26. The van der Waals surface area contributed by atoms with Gasteiger partial charge < -0.3 is 15.2 Å². The van der Waals surface area contributed by atoms with E-state index in [1.165, 1.54) is 6.07 Å². The first-order chi connectivity index (χ1) is 11.3. The second kappa shape index (κ2) is 6.10. The molecule has 3 N–H and O–H groups in total. The van der Waals surface area contributed by atoms with Crippen LogP contribution in [0.5, 0.6) is 11.5 Å². The van der Waals surface area contributed by atoms with E-state index in [4.69, 9.17) is 4.74 Å². The van der Waals surface area contributed by atoms with Crippen LogP contribution in [0.15, 0.2) is 6.07 Å². The van der Waals surface area contributed by atoms with Gasteiger partial charge in [-0.05, 0) is 13.0 Å². The van der Waals surface area contributed by atoms with Crippen molar-refractivity contribution in [1.29, 1.82) is 0 Å². The highest BCUT2D eigenvalue weighted by Gasteiger charge is 2.40. The molecule has 1 aromatic rings. The molecule has 0 unspecified atom stereocenters. The van der Waals surface area contributed by atoms with E-state index < -0.39 is 39.9 Å². The van der Waals surface area contributed by atoms with Gasteiger partial charge in [0.05, 0.1) is 0 Å². The summed E-state index contributed by atoms with van der Waals surface area (Å²) in [6.07, 6.45) is 0.901. The average molecular weight is 359 g/mol. The molecule has 1 atom stereocenters. The molecule has 132 valence electrons. The number of ether oxygens (including phenoxy) is 1. The maximum absolute atomic E-state index is 14.8. The fraction of sp³-hybridized carbons (Fsp3) is 0.500. The Morgan fingerprint density at radius 3 is 2.92 bits per heavy atom. The topological polar surface area (TPSA) is 108 Å². The lowest BCUT2D eigenvalue weighted by Gasteiger charge is -2.18. The van der Waals surface area contributed by atoms with E-state index in [1.807, 2.05) is 6.92 Å². The van der Waals surface area contributed by atoms with Crippen LogP contribution in [-0.2, 0) is 21.4 Å². The minimum atomic E-state index is -4.20. The maximum Gasteiger partial charge on any atom is 0.326 e. The third-order valence-corrected chi connectivity index (χ3v) is 5.25. The second-order valence-electron chi connectivity index (χ2n) is 5.72. The molecule has 2 aliphatic rings. The van der Waals surface area contributed by atoms with E-state index in [1.54, 1.807) is 4.72 Å². The number of fused-ring (bicyclic) bond motifs is 1. The molecule has 0 aromatic heterocycles. The number of halogens is 1. The summed E-state index contributed by atoms with van der Waals surface area (Å²) < 4.78 is 46.5. The minimum absolute atomic E-state index is 0.188. The second-order valence-corrected chi connectivity index (χ2v) is 7.32. The predicted octanol–water partition coefficient (Wildman–Crippen LogP) is 0.0154. The van der Waals surface area contributed by atoms with Gasteiger partial charge in [0.25, 0.3) is 5.91 Å². The number of anilines is 1. The lowest BCUT2D eigenvalue weighted by Crippen LogP contribution is -2.31. The van der Waals surface area contributed by atoms with E-state index >= 15 is 0 Å². The van der Waals surface area contributed by atoms with E-state index in [0.29, 0.717) is 10.8 Å². The van der Waals surface area contributed by atoms with Gasteiger partial charge in [0, 0.05) is 24.6 Å². The van der Waals surface area contributed by atoms with Crippen LogP contribution in [0.1, 0.15) is 18.9 Å². The van der Waals surface area contributed by atoms with Crippen LogP contribution < -0.4 is 19.1 Å². The molecule has 2 aliphatic heterocycles. The number of phenols is 1. The smallest absolute Gasteiger partial charge is 0.326 e. The number of nitrogens with zero attached hydrogens (tertiary/aromatic N) is 1. The zero-order chi connectivity index (χ0) is 17.5. The summed E-state index contributed by atoms with van der Waals surface area (Å²) in [6.45, 7) is 2.76. The number of phenolic OH excluding ortho intramolecular Hbond substituents is 1. The van der Waals surface area contributed by atoms with Gasteiger partial charge in [0.2, 0.25) is 0 Å². The van der Waals surface area contributed by atoms with Crippen LogP contribution in [0.4, 0.5) is 10.1 Å². The quantitative estimate of drug-likeness (QED) is 0.640. The van der Waals surface area contributed by atoms with Crippen molar-refractivity contribution >= 4 is 21.8 Å². The number of nitrogens with one attached hydrogen (secondary N) is 2. The molecule has 1 saturated heterocycles. The van der Waals surface area contributed by atoms with Crippen LogP contribution in [0, 0.1) is 5.82 Å². The summed E-state index contributed by atoms with van der Waals surface area (Å²) >= 11 is 0. The molecule has 3 rings (SSSR count). The van der Waals surface area contributed by atoms with Gasteiger partial charge in [-0.25, -0.2) is 13.4 Å². The first kappa shape index (κ1) is 16.8. The van der Waals surface area contributed by atoms with E-state index in [9.17, 15) is 22.7 Å². The Morgan fingerprint density at radius 1 is 1.54 bits per heavy atom. The zero-order valence-electron chi connectivity index (χ0n) is 13.0. The fourth-order valence-corrected chi connectivity index (χ4v) is 3.99. The number of hydrogen-bond donors (Lipinski definition) is 3. The number of benzene rings is 1. The van der Waals surface area contributed by atoms with E-state index in [0.717, 1.165) is 13.0 Å². The van der Waals surface area contributed by atoms with Crippen LogP contribution in [-0.4, -0.2) is 45.2 Å². The first-order valence-corrected chi connectivity index (χ1v) is 9.02. The zero-order valence-corrected chi connectivity index (χ0v) is 13.8. The molecule has 1 amide bonds. The summed E-state index contributed by atoms with van der Waals surface area (Å²) in [5.74, 6) is -2.07. The predicted molar refractivity (Wildman–Crippen MR) is 83.8 cm³/mol. The maximum atomic E-state index is 14.8. The molecule has 0 aliphatic carbocycles. The molecular formula is C14H18FN3O5S.